The first-order valence-electron chi connectivity index (χ1n) is 9.96. The van der Waals surface area contributed by atoms with Gasteiger partial charge >= 0.3 is 0 Å². The number of hydrogen-bond acceptors (Lipinski definition) is 2. The van der Waals surface area contributed by atoms with Gasteiger partial charge < -0.3 is 10.5 Å². The largest absolute Gasteiger partial charge is 0.495 e. The molecular formula is C24H31NO2. The van der Waals surface area contributed by atoms with Crippen molar-refractivity contribution in [1.29, 1.82) is 0 Å². The number of para-hydroxylation sites is 1. The van der Waals surface area contributed by atoms with Crippen molar-refractivity contribution in [2.45, 2.75) is 52.4 Å². The molecule has 0 saturated heterocycles. The zero-order valence-corrected chi connectivity index (χ0v) is 16.8. The summed E-state index contributed by atoms with van der Waals surface area (Å²) in [6.07, 6.45) is 7.84. The minimum atomic E-state index is -0.471. The first-order valence-corrected chi connectivity index (χ1v) is 9.96. The molecule has 1 aliphatic carbocycles. The van der Waals surface area contributed by atoms with Crippen LogP contribution in [0.3, 0.4) is 0 Å². The molecule has 2 aromatic rings. The van der Waals surface area contributed by atoms with Crippen molar-refractivity contribution < 1.29 is 9.53 Å². The van der Waals surface area contributed by atoms with Crippen molar-refractivity contribution in [2.24, 2.45) is 17.1 Å². The molecular weight excluding hydrogens is 334 g/mol. The van der Waals surface area contributed by atoms with Crippen molar-refractivity contribution in [1.82, 2.24) is 0 Å². The molecule has 3 nitrogen and oxygen atoms in total. The number of benzene rings is 2. The van der Waals surface area contributed by atoms with Crippen LogP contribution < -0.4 is 10.5 Å². The van der Waals surface area contributed by atoms with E-state index in [1.807, 2.05) is 12.1 Å². The van der Waals surface area contributed by atoms with E-state index >= 15 is 0 Å². The third kappa shape index (κ3) is 4.71. The second kappa shape index (κ2) is 8.16. The molecule has 3 rings (SSSR count). The Morgan fingerprint density at radius 3 is 2.37 bits per heavy atom. The van der Waals surface area contributed by atoms with E-state index in [0.29, 0.717) is 16.7 Å². The Hall–Kier alpha value is -2.29. The van der Waals surface area contributed by atoms with Gasteiger partial charge in [-0.25, -0.2) is 0 Å². The quantitative estimate of drug-likeness (QED) is 0.723. The van der Waals surface area contributed by atoms with Gasteiger partial charge in [0.2, 0.25) is 0 Å². The number of hydrogen-bond donors (Lipinski definition) is 1. The Kier molecular flexibility index (Phi) is 5.88. The lowest BCUT2D eigenvalue weighted by molar-refractivity contribution is 0.0997. The van der Waals surface area contributed by atoms with E-state index in [0.717, 1.165) is 23.5 Å². The van der Waals surface area contributed by atoms with Crippen LogP contribution in [0.5, 0.6) is 5.75 Å². The minimum Gasteiger partial charge on any atom is -0.495 e. The van der Waals surface area contributed by atoms with Crippen LogP contribution in [0.1, 0.15) is 61.9 Å². The first kappa shape index (κ1) is 19.5. The Labute approximate surface area is 162 Å². The molecule has 0 heterocycles. The summed E-state index contributed by atoms with van der Waals surface area (Å²) < 4.78 is 5.47. The second-order valence-electron chi connectivity index (χ2n) is 8.59. The van der Waals surface area contributed by atoms with E-state index < -0.39 is 5.91 Å². The van der Waals surface area contributed by atoms with Crippen LogP contribution in [0, 0.1) is 11.3 Å². The van der Waals surface area contributed by atoms with E-state index in [2.05, 4.69) is 38.1 Å². The van der Waals surface area contributed by atoms with Crippen LogP contribution >= 0.6 is 0 Å². The average molecular weight is 366 g/mol. The Morgan fingerprint density at radius 1 is 1.11 bits per heavy atom. The molecule has 144 valence electrons. The normalized spacial score (nSPS) is 16.9. The smallest absolute Gasteiger partial charge is 0.252 e. The van der Waals surface area contributed by atoms with Crippen LogP contribution in [0.25, 0.3) is 11.1 Å². The van der Waals surface area contributed by atoms with Crippen LogP contribution in [-0.2, 0) is 6.42 Å². The highest BCUT2D eigenvalue weighted by molar-refractivity contribution is 5.98. The maximum absolute atomic E-state index is 11.6. The van der Waals surface area contributed by atoms with Crippen molar-refractivity contribution >= 4 is 5.91 Å². The van der Waals surface area contributed by atoms with Crippen molar-refractivity contribution in [3.63, 3.8) is 0 Å². The Morgan fingerprint density at radius 2 is 1.78 bits per heavy atom. The molecule has 1 fully saturated rings. The highest BCUT2D eigenvalue weighted by Gasteiger charge is 2.26. The summed E-state index contributed by atoms with van der Waals surface area (Å²) in [5.41, 5.74) is 9.73. The fourth-order valence-electron chi connectivity index (χ4n) is 4.15. The zero-order chi connectivity index (χ0) is 19.4. The SMILES string of the molecule is COc1c(C(N)=O)cccc1-c1ccc(CCC2CCC(C)(C)CC2)cc1. The van der Waals surface area contributed by atoms with Gasteiger partial charge in [-0.2, -0.15) is 0 Å². The van der Waals surface area contributed by atoms with E-state index in [4.69, 9.17) is 10.5 Å². The number of ether oxygens (including phenoxy) is 1. The van der Waals surface area contributed by atoms with Gasteiger partial charge in [0.1, 0.15) is 5.75 Å². The third-order valence-corrected chi connectivity index (χ3v) is 6.05. The topological polar surface area (TPSA) is 52.3 Å². The second-order valence-corrected chi connectivity index (χ2v) is 8.59. The predicted octanol–water partition coefficient (Wildman–Crippen LogP) is 5.61. The van der Waals surface area contributed by atoms with Crippen LogP contribution in [0.2, 0.25) is 0 Å². The van der Waals surface area contributed by atoms with E-state index in [1.54, 1.807) is 13.2 Å². The third-order valence-electron chi connectivity index (χ3n) is 6.05. The maximum Gasteiger partial charge on any atom is 0.252 e. The number of aryl methyl sites for hydroxylation is 1. The highest BCUT2D eigenvalue weighted by Crippen LogP contribution is 2.39. The van der Waals surface area contributed by atoms with Gasteiger partial charge in [0.25, 0.3) is 5.91 Å². The highest BCUT2D eigenvalue weighted by atomic mass is 16.5. The molecule has 2 aromatic carbocycles. The van der Waals surface area contributed by atoms with Gasteiger partial charge in [0, 0.05) is 5.56 Å². The van der Waals surface area contributed by atoms with Gasteiger partial charge in [0.15, 0.2) is 0 Å². The molecule has 0 aliphatic heterocycles. The number of carbonyl (C=O) groups is 1. The number of methoxy groups -OCH3 is 1. The van der Waals surface area contributed by atoms with Crippen molar-refractivity contribution in [2.75, 3.05) is 7.11 Å². The van der Waals surface area contributed by atoms with Crippen LogP contribution in [-0.4, -0.2) is 13.0 Å². The maximum atomic E-state index is 11.6. The summed E-state index contributed by atoms with van der Waals surface area (Å²) in [6.45, 7) is 4.78. The average Bonchev–Trinajstić information content (AvgIpc) is 2.67. The molecule has 0 unspecified atom stereocenters. The number of primary amides is 1. The summed E-state index contributed by atoms with van der Waals surface area (Å²) >= 11 is 0. The van der Waals surface area contributed by atoms with Crippen LogP contribution in [0.4, 0.5) is 0 Å². The van der Waals surface area contributed by atoms with Crippen molar-refractivity contribution in [3.8, 4) is 16.9 Å². The summed E-state index contributed by atoms with van der Waals surface area (Å²) in [4.78, 5) is 11.6. The number of amides is 1. The molecule has 0 atom stereocenters. The van der Waals surface area contributed by atoms with Crippen molar-refractivity contribution in [3.05, 3.63) is 53.6 Å². The van der Waals surface area contributed by atoms with E-state index in [-0.39, 0.29) is 0 Å². The zero-order valence-electron chi connectivity index (χ0n) is 16.8. The molecule has 3 heteroatoms. The van der Waals surface area contributed by atoms with E-state index in [1.165, 1.54) is 37.7 Å². The van der Waals surface area contributed by atoms with Crippen LogP contribution in [0.15, 0.2) is 42.5 Å². The lowest BCUT2D eigenvalue weighted by Crippen LogP contribution is -2.21. The standard InChI is InChI=1S/C24H31NO2/c1-24(2)15-13-18(14-16-24)8-7-17-9-11-19(12-10-17)20-5-4-6-21(23(25)26)22(20)27-3/h4-6,9-12,18H,7-8,13-16H2,1-3H3,(H2,25,26). The monoisotopic (exact) mass is 365 g/mol. The van der Waals surface area contributed by atoms with Gasteiger partial charge in [-0.1, -0.05) is 50.2 Å². The fourth-order valence-corrected chi connectivity index (χ4v) is 4.15. The van der Waals surface area contributed by atoms with Gasteiger partial charge in [-0.05, 0) is 67.1 Å². The van der Waals surface area contributed by atoms with Gasteiger partial charge in [0.05, 0.1) is 12.7 Å². The number of rotatable bonds is 6. The Bertz CT molecular complexity index is 783. The van der Waals surface area contributed by atoms with E-state index in [9.17, 15) is 4.79 Å². The molecule has 2 N–H and O–H groups in total. The molecule has 0 radical (unpaired) electrons. The van der Waals surface area contributed by atoms with Gasteiger partial charge in [-0.3, -0.25) is 4.79 Å². The molecule has 27 heavy (non-hydrogen) atoms. The molecule has 0 aromatic heterocycles. The summed E-state index contributed by atoms with van der Waals surface area (Å²) in [5, 5.41) is 0. The summed E-state index contributed by atoms with van der Waals surface area (Å²) in [6, 6.07) is 14.1. The first-order chi connectivity index (χ1) is 12.9. The summed E-state index contributed by atoms with van der Waals surface area (Å²) in [7, 11) is 1.57. The summed E-state index contributed by atoms with van der Waals surface area (Å²) in [5.74, 6) is 0.939. The Balaban J connectivity index is 1.68. The molecule has 1 amide bonds. The molecule has 1 aliphatic rings. The molecule has 0 spiro atoms. The fraction of sp³-hybridized carbons (Fsp3) is 0.458. The molecule has 0 bridgehead atoms. The lowest BCUT2D eigenvalue weighted by Gasteiger charge is -2.34. The predicted molar refractivity (Wildman–Crippen MR) is 111 cm³/mol. The van der Waals surface area contributed by atoms with Gasteiger partial charge in [-0.15, -0.1) is 0 Å². The number of nitrogens with two attached hydrogens (primary N) is 1. The molecule has 1 saturated carbocycles. The number of carbonyl (C=O) groups excluding carboxylic acids is 1. The lowest BCUT2D eigenvalue weighted by atomic mass is 9.72. The minimum absolute atomic E-state index is 0.416.